The predicted octanol–water partition coefficient (Wildman–Crippen LogP) is 2.48. The van der Waals surface area contributed by atoms with Crippen LogP contribution < -0.4 is 19.1 Å². The zero-order chi connectivity index (χ0) is 26.0. The van der Waals surface area contributed by atoms with E-state index < -0.39 is 21.1 Å². The minimum Gasteiger partial charge on any atom is -0.494 e. The molecule has 2 atom stereocenters. The van der Waals surface area contributed by atoms with Crippen LogP contribution in [0, 0.1) is 5.82 Å². The maximum Gasteiger partial charge on any atom is 0.243 e. The minimum atomic E-state index is -3.93. The first-order chi connectivity index (χ1) is 17.9. The predicted molar refractivity (Wildman–Crippen MR) is 132 cm³/mol. The van der Waals surface area contributed by atoms with Gasteiger partial charge < -0.3 is 19.1 Å². The van der Waals surface area contributed by atoms with Gasteiger partial charge in [0.25, 0.3) is 0 Å². The normalized spacial score (nSPS) is 20.1. The zero-order valence-corrected chi connectivity index (χ0v) is 21.3. The number of piperidine rings is 1. The summed E-state index contributed by atoms with van der Waals surface area (Å²) in [4.78, 5) is 9.73. The third kappa shape index (κ3) is 5.03. The third-order valence-electron chi connectivity index (χ3n) is 6.47. The van der Waals surface area contributed by atoms with Crippen LogP contribution in [0.5, 0.6) is 11.5 Å². The second kappa shape index (κ2) is 10.5. The highest BCUT2D eigenvalue weighted by molar-refractivity contribution is 7.93. The number of anilines is 2. The van der Waals surface area contributed by atoms with Gasteiger partial charge in [0.1, 0.15) is 23.3 Å². The van der Waals surface area contributed by atoms with E-state index in [0.29, 0.717) is 49.0 Å². The van der Waals surface area contributed by atoms with E-state index in [4.69, 9.17) is 14.2 Å². The summed E-state index contributed by atoms with van der Waals surface area (Å²) >= 11 is 0. The molecule has 0 aliphatic carbocycles. The van der Waals surface area contributed by atoms with Gasteiger partial charge in [-0.25, -0.2) is 22.8 Å². The van der Waals surface area contributed by atoms with Crippen LogP contribution in [-0.4, -0.2) is 72.3 Å². The number of ether oxygens (including phenoxy) is 3. The lowest BCUT2D eigenvalue weighted by Gasteiger charge is -2.32. The molecule has 14 heteroatoms. The molecule has 5 rings (SSSR count). The molecule has 2 saturated heterocycles. The van der Waals surface area contributed by atoms with Gasteiger partial charge in [0, 0.05) is 19.7 Å². The number of aromatic nitrogens is 5. The van der Waals surface area contributed by atoms with Crippen LogP contribution in [0.15, 0.2) is 30.6 Å². The quantitative estimate of drug-likeness (QED) is 0.460. The molecule has 1 N–H and O–H groups in total. The lowest BCUT2D eigenvalue weighted by molar-refractivity contribution is 0.103. The number of benzene rings is 1. The molecule has 2 fully saturated rings. The molecule has 0 spiro atoms. The molecule has 0 unspecified atom stereocenters. The summed E-state index contributed by atoms with van der Waals surface area (Å²) in [7, 11) is -0.892. The topological polar surface area (TPSA) is 134 Å². The van der Waals surface area contributed by atoms with E-state index in [0.717, 1.165) is 25.2 Å². The molecule has 2 aliphatic rings. The summed E-state index contributed by atoms with van der Waals surface area (Å²) in [6.45, 7) is 1.28. The molecule has 198 valence electrons. The first-order valence-electron chi connectivity index (χ1n) is 11.9. The number of nitrogens with zero attached hydrogens (tertiary/aromatic N) is 6. The highest BCUT2D eigenvalue weighted by Gasteiger charge is 2.35. The second-order valence-electron chi connectivity index (χ2n) is 8.79. The zero-order valence-electron chi connectivity index (χ0n) is 20.5. The fraction of sp³-hybridized carbons (Fsp3) is 0.478. The lowest BCUT2D eigenvalue weighted by atomic mass is 10.1. The molecule has 2 aliphatic heterocycles. The van der Waals surface area contributed by atoms with Gasteiger partial charge >= 0.3 is 0 Å². The number of rotatable bonds is 8. The lowest BCUT2D eigenvalue weighted by Crippen LogP contribution is -2.45. The van der Waals surface area contributed by atoms with Gasteiger partial charge in [0.15, 0.2) is 11.6 Å². The van der Waals surface area contributed by atoms with E-state index in [1.165, 1.54) is 14.2 Å². The Bertz CT molecular complexity index is 1320. The Morgan fingerprint density at radius 2 is 1.81 bits per heavy atom. The standard InChI is InChI=1S/C23H28FN7O5S/c1-34-17-7-3-8-18(35-2)20(17)31-21(19-9-5-11-36-19)27-28-23(31)29-37(32,33)16-6-4-10-30(14-16)22-25-12-15(24)13-26-22/h3,7-8,12-13,16,19H,4-6,9-11,14H2,1-2H3,(H,28,29)/t16-,19-/m1/s1. The molecule has 0 radical (unpaired) electrons. The van der Waals surface area contributed by atoms with Gasteiger partial charge in [-0.15, -0.1) is 10.2 Å². The van der Waals surface area contributed by atoms with Crippen molar-refractivity contribution in [3.8, 4) is 17.2 Å². The number of methoxy groups -OCH3 is 2. The SMILES string of the molecule is COc1cccc(OC)c1-n1c(NS(=O)(=O)[C@@H]2CCCN(c3ncc(F)cn3)C2)nnc1[C@H]1CCCO1. The molecule has 0 bridgehead atoms. The molecular weight excluding hydrogens is 505 g/mol. The van der Waals surface area contributed by atoms with E-state index >= 15 is 0 Å². The van der Waals surface area contributed by atoms with Crippen LogP contribution in [0.2, 0.25) is 0 Å². The Labute approximate surface area is 213 Å². The molecule has 3 aromatic rings. The van der Waals surface area contributed by atoms with Crippen molar-refractivity contribution in [1.29, 1.82) is 0 Å². The van der Waals surface area contributed by atoms with Gasteiger partial charge in [-0.05, 0) is 37.8 Å². The van der Waals surface area contributed by atoms with Gasteiger partial charge in [-0.3, -0.25) is 9.29 Å². The fourth-order valence-electron chi connectivity index (χ4n) is 4.68. The summed E-state index contributed by atoms with van der Waals surface area (Å²) in [5.41, 5.74) is 0.464. The summed E-state index contributed by atoms with van der Waals surface area (Å²) in [6.07, 6.45) is 4.37. The Hall–Kier alpha value is -3.52. The van der Waals surface area contributed by atoms with E-state index in [1.807, 2.05) is 0 Å². The number of hydrogen-bond acceptors (Lipinski definition) is 10. The molecule has 37 heavy (non-hydrogen) atoms. The highest BCUT2D eigenvalue weighted by Crippen LogP contribution is 2.39. The molecule has 0 saturated carbocycles. The Morgan fingerprint density at radius 1 is 1.08 bits per heavy atom. The van der Waals surface area contributed by atoms with Crippen molar-refractivity contribution in [2.45, 2.75) is 37.0 Å². The number of para-hydroxylation sites is 1. The fourth-order valence-corrected chi connectivity index (χ4v) is 6.08. The molecule has 4 heterocycles. The maximum atomic E-state index is 13.6. The molecule has 2 aromatic heterocycles. The van der Waals surface area contributed by atoms with Crippen molar-refractivity contribution < 1.29 is 27.0 Å². The number of sulfonamides is 1. The monoisotopic (exact) mass is 533 g/mol. The summed E-state index contributed by atoms with van der Waals surface area (Å²) < 4.78 is 61.7. The number of nitrogens with one attached hydrogen (secondary N) is 1. The van der Waals surface area contributed by atoms with Crippen molar-refractivity contribution in [3.05, 3.63) is 42.2 Å². The molecule has 12 nitrogen and oxygen atoms in total. The Kier molecular flexibility index (Phi) is 7.11. The first kappa shape index (κ1) is 25.1. The van der Waals surface area contributed by atoms with Crippen LogP contribution in [-0.2, 0) is 14.8 Å². The van der Waals surface area contributed by atoms with E-state index in [-0.39, 0.29) is 24.5 Å². The van der Waals surface area contributed by atoms with E-state index in [9.17, 15) is 12.8 Å². The average Bonchev–Trinajstić information content (AvgIpc) is 3.58. The molecule has 0 amide bonds. The van der Waals surface area contributed by atoms with Gasteiger partial charge in [0.05, 0.1) is 31.9 Å². The summed E-state index contributed by atoms with van der Waals surface area (Å²) in [5.74, 6) is 1.09. The van der Waals surface area contributed by atoms with Crippen LogP contribution in [0.4, 0.5) is 16.3 Å². The highest BCUT2D eigenvalue weighted by atomic mass is 32.2. The summed E-state index contributed by atoms with van der Waals surface area (Å²) in [5, 5.41) is 7.73. The van der Waals surface area contributed by atoms with Crippen molar-refractivity contribution >= 4 is 21.9 Å². The van der Waals surface area contributed by atoms with Gasteiger partial charge in [0.2, 0.25) is 21.9 Å². The van der Waals surface area contributed by atoms with Crippen LogP contribution in [0.25, 0.3) is 5.69 Å². The third-order valence-corrected chi connectivity index (χ3v) is 8.20. The molecule has 1 aromatic carbocycles. The van der Waals surface area contributed by atoms with Crippen molar-refractivity contribution in [3.63, 3.8) is 0 Å². The molecular formula is C23H28FN7O5S. The van der Waals surface area contributed by atoms with Crippen molar-refractivity contribution in [2.24, 2.45) is 0 Å². The van der Waals surface area contributed by atoms with Crippen molar-refractivity contribution in [1.82, 2.24) is 24.7 Å². The number of halogens is 1. The van der Waals surface area contributed by atoms with Gasteiger partial charge in [-0.2, -0.15) is 0 Å². The minimum absolute atomic E-state index is 0.00320. The van der Waals surface area contributed by atoms with Crippen LogP contribution in [0.3, 0.4) is 0 Å². The largest absolute Gasteiger partial charge is 0.494 e. The van der Waals surface area contributed by atoms with E-state index in [1.54, 1.807) is 27.7 Å². The van der Waals surface area contributed by atoms with Gasteiger partial charge in [-0.1, -0.05) is 6.07 Å². The second-order valence-corrected chi connectivity index (χ2v) is 10.7. The first-order valence-corrected chi connectivity index (χ1v) is 13.5. The number of hydrogen-bond donors (Lipinski definition) is 1. The summed E-state index contributed by atoms with van der Waals surface area (Å²) in [6, 6.07) is 5.27. The Balaban J connectivity index is 1.50. The van der Waals surface area contributed by atoms with Crippen molar-refractivity contribution in [2.75, 3.05) is 43.5 Å². The average molecular weight is 534 g/mol. The van der Waals surface area contributed by atoms with Crippen LogP contribution >= 0.6 is 0 Å². The van der Waals surface area contributed by atoms with E-state index in [2.05, 4.69) is 24.9 Å². The Morgan fingerprint density at radius 3 is 2.46 bits per heavy atom. The van der Waals surface area contributed by atoms with Crippen LogP contribution in [0.1, 0.15) is 37.6 Å². The maximum absolute atomic E-state index is 13.6. The smallest absolute Gasteiger partial charge is 0.243 e.